The number of urea groups is 1. The highest BCUT2D eigenvalue weighted by Crippen LogP contribution is 2.26. The summed E-state index contributed by atoms with van der Waals surface area (Å²) < 4.78 is 0. The fraction of sp³-hybridized carbons (Fsp3) is 0.529. The second-order valence-electron chi connectivity index (χ2n) is 5.98. The van der Waals surface area contributed by atoms with Crippen molar-refractivity contribution in [3.8, 4) is 0 Å². The molecule has 1 aromatic rings. The summed E-state index contributed by atoms with van der Waals surface area (Å²) in [4.78, 5) is 28.3. The summed E-state index contributed by atoms with van der Waals surface area (Å²) in [5, 5.41) is 6.17. The molecule has 1 fully saturated rings. The summed E-state index contributed by atoms with van der Waals surface area (Å²) in [6, 6.07) is 5.86. The number of carbonyl (C=O) groups excluding carboxylic acids is 2. The first-order valence-electron chi connectivity index (χ1n) is 8.38. The average molecular weight is 353 g/mol. The van der Waals surface area contributed by atoms with E-state index in [1.165, 1.54) is 0 Å². The molecular weight excluding hydrogens is 328 g/mol. The average Bonchev–Trinajstić information content (AvgIpc) is 2.61. The Hall–Kier alpha value is -1.95. The molecule has 6 nitrogen and oxygen atoms in total. The standard InChI is InChI=1S/C17H24N4O2.ClH/c1-2-18-17(23)21-11-9-20(10-12-21)16(22)14-5-3-7-15-13(14)6-4-8-19-15;/h3,5,7,19H,2,4,6,8-12H2,1H3,(H,18,23);1H. The van der Waals surface area contributed by atoms with Gasteiger partial charge in [-0.05, 0) is 37.5 Å². The Morgan fingerprint density at radius 1 is 1.17 bits per heavy atom. The lowest BCUT2D eigenvalue weighted by atomic mass is 9.96. The zero-order chi connectivity index (χ0) is 16.2. The Balaban J connectivity index is 0.00000208. The van der Waals surface area contributed by atoms with E-state index in [1.54, 1.807) is 4.90 Å². The predicted octanol–water partition coefficient (Wildman–Crippen LogP) is 1.95. The van der Waals surface area contributed by atoms with Gasteiger partial charge in [-0.1, -0.05) is 6.07 Å². The van der Waals surface area contributed by atoms with Crippen LogP contribution in [0.5, 0.6) is 0 Å². The van der Waals surface area contributed by atoms with E-state index in [4.69, 9.17) is 0 Å². The summed E-state index contributed by atoms with van der Waals surface area (Å²) in [5.41, 5.74) is 3.03. The second-order valence-corrected chi connectivity index (χ2v) is 5.98. The van der Waals surface area contributed by atoms with E-state index in [2.05, 4.69) is 10.6 Å². The van der Waals surface area contributed by atoms with Crippen molar-refractivity contribution in [2.45, 2.75) is 19.8 Å². The lowest BCUT2D eigenvalue weighted by Gasteiger charge is -2.35. The van der Waals surface area contributed by atoms with Crippen molar-refractivity contribution in [2.24, 2.45) is 0 Å². The highest BCUT2D eigenvalue weighted by Gasteiger charge is 2.26. The van der Waals surface area contributed by atoms with Crippen LogP contribution in [0.3, 0.4) is 0 Å². The Bertz CT molecular complexity index is 600. The first-order chi connectivity index (χ1) is 11.2. The monoisotopic (exact) mass is 352 g/mol. The molecule has 0 bridgehead atoms. The molecule has 2 N–H and O–H groups in total. The van der Waals surface area contributed by atoms with Gasteiger partial charge in [0.25, 0.3) is 5.91 Å². The van der Waals surface area contributed by atoms with Crippen molar-refractivity contribution >= 4 is 30.0 Å². The van der Waals surface area contributed by atoms with Crippen molar-refractivity contribution in [3.63, 3.8) is 0 Å². The van der Waals surface area contributed by atoms with Crippen LogP contribution in [0.2, 0.25) is 0 Å². The van der Waals surface area contributed by atoms with Gasteiger partial charge in [-0.2, -0.15) is 0 Å². The smallest absolute Gasteiger partial charge is 0.317 e. The molecule has 3 rings (SSSR count). The van der Waals surface area contributed by atoms with Crippen LogP contribution in [0.4, 0.5) is 10.5 Å². The topological polar surface area (TPSA) is 64.7 Å². The van der Waals surface area contributed by atoms with Gasteiger partial charge in [-0.25, -0.2) is 4.79 Å². The van der Waals surface area contributed by atoms with E-state index in [9.17, 15) is 9.59 Å². The van der Waals surface area contributed by atoms with Crippen LogP contribution in [0.1, 0.15) is 29.3 Å². The minimum atomic E-state index is -0.0408. The van der Waals surface area contributed by atoms with Gasteiger partial charge in [0.1, 0.15) is 0 Å². The van der Waals surface area contributed by atoms with Gasteiger partial charge >= 0.3 is 6.03 Å². The minimum absolute atomic E-state index is 0. The number of nitrogens with zero attached hydrogens (tertiary/aromatic N) is 2. The maximum atomic E-state index is 12.9. The number of anilines is 1. The number of amides is 3. The van der Waals surface area contributed by atoms with Crippen molar-refractivity contribution in [3.05, 3.63) is 29.3 Å². The molecule has 0 atom stereocenters. The molecular formula is C17H25ClN4O2. The number of rotatable bonds is 2. The molecule has 0 saturated carbocycles. The van der Waals surface area contributed by atoms with E-state index in [0.717, 1.165) is 36.2 Å². The number of halogens is 1. The maximum Gasteiger partial charge on any atom is 0.317 e. The van der Waals surface area contributed by atoms with Crippen LogP contribution in [0.25, 0.3) is 0 Å². The Morgan fingerprint density at radius 2 is 1.88 bits per heavy atom. The molecule has 7 heteroatoms. The lowest BCUT2D eigenvalue weighted by Crippen LogP contribution is -2.53. The molecule has 2 aliphatic rings. The summed E-state index contributed by atoms with van der Waals surface area (Å²) >= 11 is 0. The number of fused-ring (bicyclic) bond motifs is 1. The molecule has 3 amide bonds. The maximum absolute atomic E-state index is 12.9. The molecule has 0 aromatic heterocycles. The Kier molecular flexibility index (Phi) is 6.31. The van der Waals surface area contributed by atoms with Crippen LogP contribution < -0.4 is 10.6 Å². The van der Waals surface area contributed by atoms with Gasteiger partial charge in [0.2, 0.25) is 0 Å². The van der Waals surface area contributed by atoms with Crippen molar-refractivity contribution in [1.82, 2.24) is 15.1 Å². The van der Waals surface area contributed by atoms with Crippen LogP contribution in [0, 0.1) is 0 Å². The molecule has 0 aliphatic carbocycles. The predicted molar refractivity (Wildman–Crippen MR) is 97.0 cm³/mol. The Labute approximate surface area is 149 Å². The van der Waals surface area contributed by atoms with Gasteiger partial charge in [-0.15, -0.1) is 12.4 Å². The summed E-state index contributed by atoms with van der Waals surface area (Å²) in [6.45, 7) is 5.86. The van der Waals surface area contributed by atoms with Crippen LogP contribution in [-0.2, 0) is 6.42 Å². The highest BCUT2D eigenvalue weighted by atomic mass is 35.5. The molecule has 0 unspecified atom stereocenters. The minimum Gasteiger partial charge on any atom is -0.385 e. The van der Waals surface area contributed by atoms with Gasteiger partial charge in [0.05, 0.1) is 0 Å². The molecule has 0 spiro atoms. The quantitative estimate of drug-likeness (QED) is 0.855. The number of hydrogen-bond acceptors (Lipinski definition) is 3. The molecule has 2 aliphatic heterocycles. The normalized spacial score (nSPS) is 16.5. The van der Waals surface area contributed by atoms with Gasteiger partial charge in [-0.3, -0.25) is 4.79 Å². The fourth-order valence-corrected chi connectivity index (χ4v) is 3.26. The first kappa shape index (κ1) is 18.4. The SMILES string of the molecule is CCNC(=O)N1CCN(C(=O)c2cccc3c2CCCN3)CC1.Cl. The number of carbonyl (C=O) groups is 2. The van der Waals surface area contributed by atoms with E-state index in [0.29, 0.717) is 32.7 Å². The van der Waals surface area contributed by atoms with Gasteiger partial charge in [0.15, 0.2) is 0 Å². The summed E-state index contributed by atoms with van der Waals surface area (Å²) in [7, 11) is 0. The molecule has 1 aromatic carbocycles. The zero-order valence-electron chi connectivity index (χ0n) is 14.0. The highest BCUT2D eigenvalue weighted by molar-refractivity contribution is 5.97. The lowest BCUT2D eigenvalue weighted by molar-refractivity contribution is 0.0664. The third kappa shape index (κ3) is 3.75. The molecule has 2 heterocycles. The summed E-state index contributed by atoms with van der Waals surface area (Å²) in [6.07, 6.45) is 2.01. The van der Waals surface area contributed by atoms with Crippen molar-refractivity contribution in [2.75, 3.05) is 44.6 Å². The van der Waals surface area contributed by atoms with Gasteiger partial charge in [0, 0.05) is 50.5 Å². The number of hydrogen-bond donors (Lipinski definition) is 2. The van der Waals surface area contributed by atoms with E-state index < -0.39 is 0 Å². The van der Waals surface area contributed by atoms with Crippen LogP contribution in [0.15, 0.2) is 18.2 Å². The molecule has 24 heavy (non-hydrogen) atoms. The number of piperazine rings is 1. The van der Waals surface area contributed by atoms with E-state index in [1.807, 2.05) is 30.0 Å². The molecule has 0 radical (unpaired) electrons. The van der Waals surface area contributed by atoms with Gasteiger partial charge < -0.3 is 20.4 Å². The third-order valence-corrected chi connectivity index (χ3v) is 4.51. The second kappa shape index (κ2) is 8.24. The van der Waals surface area contributed by atoms with Crippen LogP contribution in [-0.4, -0.2) is 61.0 Å². The fourth-order valence-electron chi connectivity index (χ4n) is 3.26. The Morgan fingerprint density at radius 3 is 2.58 bits per heavy atom. The summed E-state index contributed by atoms with van der Waals surface area (Å²) in [5.74, 6) is 0.0844. The number of benzene rings is 1. The first-order valence-corrected chi connectivity index (χ1v) is 8.38. The molecule has 132 valence electrons. The van der Waals surface area contributed by atoms with Crippen LogP contribution >= 0.6 is 12.4 Å². The van der Waals surface area contributed by atoms with Crippen molar-refractivity contribution in [1.29, 1.82) is 0 Å². The number of nitrogens with one attached hydrogen (secondary N) is 2. The molecule has 1 saturated heterocycles. The van der Waals surface area contributed by atoms with E-state index >= 15 is 0 Å². The zero-order valence-corrected chi connectivity index (χ0v) is 14.8. The van der Waals surface area contributed by atoms with Crippen molar-refractivity contribution < 1.29 is 9.59 Å². The third-order valence-electron chi connectivity index (χ3n) is 4.51. The van der Waals surface area contributed by atoms with E-state index in [-0.39, 0.29) is 24.3 Å². The largest absolute Gasteiger partial charge is 0.385 e.